The van der Waals surface area contributed by atoms with Crippen molar-refractivity contribution in [1.29, 1.82) is 0 Å². The van der Waals surface area contributed by atoms with E-state index in [0.717, 1.165) is 5.92 Å². The molecule has 1 nitrogen and oxygen atoms in total. The summed E-state index contributed by atoms with van der Waals surface area (Å²) in [6.07, 6.45) is 7.49. The molecule has 3 atom stereocenters. The minimum Gasteiger partial charge on any atom is -0.325 e. The highest BCUT2D eigenvalue weighted by Crippen LogP contribution is 2.42. The summed E-state index contributed by atoms with van der Waals surface area (Å²) in [5, 5.41) is 0. The van der Waals surface area contributed by atoms with E-state index in [1.165, 1.54) is 44.1 Å². The first kappa shape index (κ1) is 13.6. The number of rotatable bonds is 4. The van der Waals surface area contributed by atoms with E-state index in [-0.39, 0.29) is 5.54 Å². The van der Waals surface area contributed by atoms with Gasteiger partial charge in [-0.3, -0.25) is 0 Å². The molecule has 0 bridgehead atoms. The van der Waals surface area contributed by atoms with E-state index in [2.05, 4.69) is 44.2 Å². The highest BCUT2D eigenvalue weighted by atomic mass is 14.8. The van der Waals surface area contributed by atoms with Gasteiger partial charge in [-0.1, -0.05) is 63.4 Å². The second-order valence-corrected chi connectivity index (χ2v) is 6.16. The van der Waals surface area contributed by atoms with Gasteiger partial charge < -0.3 is 5.73 Å². The molecule has 3 unspecified atom stereocenters. The number of nitrogens with two attached hydrogens (primary N) is 1. The maximum atomic E-state index is 6.81. The van der Waals surface area contributed by atoms with Crippen molar-refractivity contribution in [3.8, 4) is 0 Å². The zero-order valence-corrected chi connectivity index (χ0v) is 11.9. The molecule has 1 fully saturated rings. The summed E-state index contributed by atoms with van der Waals surface area (Å²) in [6, 6.07) is 10.9. The predicted molar refractivity (Wildman–Crippen MR) is 78.6 cm³/mol. The summed E-state index contributed by atoms with van der Waals surface area (Å²) < 4.78 is 0. The number of hydrogen-bond acceptors (Lipinski definition) is 1. The molecule has 0 aliphatic heterocycles. The third-order valence-corrected chi connectivity index (χ3v) is 4.71. The van der Waals surface area contributed by atoms with Crippen LogP contribution in [0.2, 0.25) is 0 Å². The molecule has 1 saturated carbocycles. The molecule has 100 valence electrons. The molecule has 2 rings (SSSR count). The average Bonchev–Trinajstić information content (AvgIpc) is 2.39. The van der Waals surface area contributed by atoms with E-state index in [9.17, 15) is 0 Å². The first-order valence-corrected chi connectivity index (χ1v) is 7.49. The van der Waals surface area contributed by atoms with Crippen molar-refractivity contribution in [3.05, 3.63) is 35.9 Å². The summed E-state index contributed by atoms with van der Waals surface area (Å²) in [5.41, 5.74) is 8.28. The van der Waals surface area contributed by atoms with Crippen LogP contribution in [-0.2, 0) is 0 Å². The van der Waals surface area contributed by atoms with Crippen molar-refractivity contribution in [3.63, 3.8) is 0 Å². The number of hydrogen-bond donors (Lipinski definition) is 1. The van der Waals surface area contributed by atoms with Gasteiger partial charge in [0.05, 0.1) is 0 Å². The maximum Gasteiger partial charge on any atom is 0.0226 e. The fraction of sp³-hybridized carbons (Fsp3) is 0.647. The Morgan fingerprint density at radius 3 is 2.67 bits per heavy atom. The van der Waals surface area contributed by atoms with Gasteiger partial charge in [0.15, 0.2) is 0 Å². The van der Waals surface area contributed by atoms with Crippen LogP contribution >= 0.6 is 0 Å². The van der Waals surface area contributed by atoms with E-state index in [1.54, 1.807) is 0 Å². The minimum atomic E-state index is 0.0228. The van der Waals surface area contributed by atoms with Crippen LogP contribution in [0.1, 0.15) is 63.9 Å². The quantitative estimate of drug-likeness (QED) is 0.831. The Morgan fingerprint density at radius 2 is 2.00 bits per heavy atom. The van der Waals surface area contributed by atoms with Crippen molar-refractivity contribution in [2.24, 2.45) is 11.7 Å². The monoisotopic (exact) mass is 245 g/mol. The first-order chi connectivity index (χ1) is 8.65. The third kappa shape index (κ3) is 2.95. The van der Waals surface area contributed by atoms with Gasteiger partial charge in [0, 0.05) is 11.5 Å². The summed E-state index contributed by atoms with van der Waals surface area (Å²) >= 11 is 0. The van der Waals surface area contributed by atoms with E-state index in [1.807, 2.05) is 0 Å². The smallest absolute Gasteiger partial charge is 0.0226 e. The Bertz CT molecular complexity index is 359. The molecule has 2 N–H and O–H groups in total. The van der Waals surface area contributed by atoms with Crippen molar-refractivity contribution < 1.29 is 0 Å². The second-order valence-electron chi connectivity index (χ2n) is 6.16. The SMILES string of the molecule is CCC(C)CC1(N)CCCCC1c1ccccc1. The molecule has 0 amide bonds. The fourth-order valence-corrected chi connectivity index (χ4v) is 3.49. The van der Waals surface area contributed by atoms with Gasteiger partial charge in [0.1, 0.15) is 0 Å². The second kappa shape index (κ2) is 5.88. The molecule has 1 aromatic carbocycles. The highest BCUT2D eigenvalue weighted by molar-refractivity contribution is 5.24. The van der Waals surface area contributed by atoms with Crippen molar-refractivity contribution in [2.75, 3.05) is 0 Å². The lowest BCUT2D eigenvalue weighted by Crippen LogP contribution is -2.48. The molecule has 0 heterocycles. The maximum absolute atomic E-state index is 6.81. The van der Waals surface area contributed by atoms with Gasteiger partial charge in [0.2, 0.25) is 0 Å². The Morgan fingerprint density at radius 1 is 1.28 bits per heavy atom. The molecule has 1 aliphatic carbocycles. The molecule has 0 aromatic heterocycles. The topological polar surface area (TPSA) is 26.0 Å². The fourth-order valence-electron chi connectivity index (χ4n) is 3.49. The molecular formula is C17H27N. The van der Waals surface area contributed by atoms with Crippen LogP contribution in [0.15, 0.2) is 30.3 Å². The largest absolute Gasteiger partial charge is 0.325 e. The molecule has 0 saturated heterocycles. The van der Waals surface area contributed by atoms with Gasteiger partial charge in [-0.05, 0) is 30.7 Å². The zero-order chi connectivity index (χ0) is 13.0. The van der Waals surface area contributed by atoms with E-state index >= 15 is 0 Å². The van der Waals surface area contributed by atoms with Crippen molar-refractivity contribution in [1.82, 2.24) is 0 Å². The third-order valence-electron chi connectivity index (χ3n) is 4.71. The molecule has 1 aromatic rings. The van der Waals surface area contributed by atoms with Crippen LogP contribution in [0.3, 0.4) is 0 Å². The Balaban J connectivity index is 2.20. The molecule has 1 aliphatic rings. The van der Waals surface area contributed by atoms with Crippen LogP contribution < -0.4 is 5.73 Å². The van der Waals surface area contributed by atoms with Gasteiger partial charge in [-0.25, -0.2) is 0 Å². The average molecular weight is 245 g/mol. The lowest BCUT2D eigenvalue weighted by molar-refractivity contribution is 0.205. The minimum absolute atomic E-state index is 0.0228. The van der Waals surface area contributed by atoms with Crippen molar-refractivity contribution >= 4 is 0 Å². The van der Waals surface area contributed by atoms with Crippen LogP contribution in [-0.4, -0.2) is 5.54 Å². The van der Waals surface area contributed by atoms with Crippen LogP contribution in [0, 0.1) is 5.92 Å². The van der Waals surface area contributed by atoms with E-state index < -0.39 is 0 Å². The summed E-state index contributed by atoms with van der Waals surface area (Å²) in [7, 11) is 0. The van der Waals surface area contributed by atoms with Crippen LogP contribution in [0.4, 0.5) is 0 Å². The van der Waals surface area contributed by atoms with Gasteiger partial charge in [-0.2, -0.15) is 0 Å². The van der Waals surface area contributed by atoms with Crippen molar-refractivity contribution in [2.45, 2.75) is 63.8 Å². The van der Waals surface area contributed by atoms with Gasteiger partial charge >= 0.3 is 0 Å². The van der Waals surface area contributed by atoms with E-state index in [0.29, 0.717) is 5.92 Å². The Labute approximate surface area is 112 Å². The Kier molecular flexibility index (Phi) is 4.45. The Hall–Kier alpha value is -0.820. The van der Waals surface area contributed by atoms with Gasteiger partial charge in [0.25, 0.3) is 0 Å². The molecule has 0 spiro atoms. The highest BCUT2D eigenvalue weighted by Gasteiger charge is 2.38. The summed E-state index contributed by atoms with van der Waals surface area (Å²) in [5.74, 6) is 1.29. The lowest BCUT2D eigenvalue weighted by atomic mass is 9.66. The van der Waals surface area contributed by atoms with E-state index in [4.69, 9.17) is 5.73 Å². The predicted octanol–water partition coefficient (Wildman–Crippen LogP) is 4.48. The standard InChI is InChI=1S/C17H27N/c1-3-14(2)13-17(18)12-8-7-11-16(17)15-9-5-4-6-10-15/h4-6,9-10,14,16H,3,7-8,11-13,18H2,1-2H3. The molecule has 1 heteroatoms. The summed E-state index contributed by atoms with van der Waals surface area (Å²) in [4.78, 5) is 0. The molecule has 18 heavy (non-hydrogen) atoms. The first-order valence-electron chi connectivity index (χ1n) is 7.49. The van der Waals surface area contributed by atoms with Gasteiger partial charge in [-0.15, -0.1) is 0 Å². The molecule has 0 radical (unpaired) electrons. The summed E-state index contributed by atoms with van der Waals surface area (Å²) in [6.45, 7) is 4.61. The lowest BCUT2D eigenvalue weighted by Gasteiger charge is -2.43. The molecular weight excluding hydrogens is 218 g/mol. The van der Waals surface area contributed by atoms with Crippen LogP contribution in [0.5, 0.6) is 0 Å². The zero-order valence-electron chi connectivity index (χ0n) is 11.9. The van der Waals surface area contributed by atoms with Crippen LogP contribution in [0.25, 0.3) is 0 Å². The number of benzene rings is 1. The normalized spacial score (nSPS) is 30.1.